The summed E-state index contributed by atoms with van der Waals surface area (Å²) in [5, 5.41) is 9.90. The molecule has 2 atom stereocenters. The van der Waals surface area contributed by atoms with Crippen LogP contribution in [0.15, 0.2) is 30.3 Å². The van der Waals surface area contributed by atoms with Gasteiger partial charge in [-0.1, -0.05) is 50.6 Å². The van der Waals surface area contributed by atoms with Crippen LogP contribution in [-0.4, -0.2) is 23.9 Å². The Kier molecular flexibility index (Phi) is 7.70. The molecular weight excluding hydrogens is 224 g/mol. The van der Waals surface area contributed by atoms with Gasteiger partial charge in [0.25, 0.3) is 0 Å². The summed E-state index contributed by atoms with van der Waals surface area (Å²) in [4.78, 5) is 0. The summed E-state index contributed by atoms with van der Waals surface area (Å²) >= 11 is 0. The first-order valence-corrected chi connectivity index (χ1v) is 7.11. The lowest BCUT2D eigenvalue weighted by Crippen LogP contribution is -2.28. The average Bonchev–Trinajstić information content (AvgIpc) is 2.40. The van der Waals surface area contributed by atoms with E-state index in [0.717, 1.165) is 38.7 Å². The van der Waals surface area contributed by atoms with Gasteiger partial charge in [0.15, 0.2) is 0 Å². The SMILES string of the molecule is CCCC(O)C(CC)OCCCc1ccccc1. The Hall–Kier alpha value is -0.860. The number of benzene rings is 1. The van der Waals surface area contributed by atoms with Gasteiger partial charge in [-0.05, 0) is 31.2 Å². The van der Waals surface area contributed by atoms with Crippen molar-refractivity contribution >= 4 is 0 Å². The van der Waals surface area contributed by atoms with Crippen LogP contribution in [0.2, 0.25) is 0 Å². The van der Waals surface area contributed by atoms with Gasteiger partial charge in [0.05, 0.1) is 12.2 Å². The van der Waals surface area contributed by atoms with Crippen molar-refractivity contribution in [3.8, 4) is 0 Å². The lowest BCUT2D eigenvalue weighted by atomic mass is 10.1. The van der Waals surface area contributed by atoms with Crippen molar-refractivity contribution in [1.82, 2.24) is 0 Å². The highest BCUT2D eigenvalue weighted by Gasteiger charge is 2.16. The molecule has 0 radical (unpaired) electrons. The highest BCUT2D eigenvalue weighted by atomic mass is 16.5. The zero-order chi connectivity index (χ0) is 13.2. The largest absolute Gasteiger partial charge is 0.390 e. The first kappa shape index (κ1) is 15.2. The van der Waals surface area contributed by atoms with Crippen LogP contribution < -0.4 is 0 Å². The van der Waals surface area contributed by atoms with Crippen LogP contribution in [0.3, 0.4) is 0 Å². The molecule has 0 spiro atoms. The third-order valence-electron chi connectivity index (χ3n) is 3.20. The fourth-order valence-electron chi connectivity index (χ4n) is 2.14. The first-order valence-electron chi connectivity index (χ1n) is 7.11. The van der Waals surface area contributed by atoms with Crippen molar-refractivity contribution in [2.75, 3.05) is 6.61 Å². The summed E-state index contributed by atoms with van der Waals surface area (Å²) in [7, 11) is 0. The second kappa shape index (κ2) is 9.12. The maximum Gasteiger partial charge on any atom is 0.0831 e. The zero-order valence-electron chi connectivity index (χ0n) is 11.6. The van der Waals surface area contributed by atoms with E-state index in [-0.39, 0.29) is 12.2 Å². The first-order chi connectivity index (χ1) is 8.77. The highest BCUT2D eigenvalue weighted by Crippen LogP contribution is 2.11. The van der Waals surface area contributed by atoms with Crippen molar-refractivity contribution in [2.24, 2.45) is 0 Å². The van der Waals surface area contributed by atoms with Gasteiger partial charge in [-0.25, -0.2) is 0 Å². The molecule has 1 aromatic carbocycles. The molecule has 2 heteroatoms. The maximum atomic E-state index is 9.90. The molecule has 0 aliphatic rings. The van der Waals surface area contributed by atoms with E-state index in [1.54, 1.807) is 0 Å². The fourth-order valence-corrected chi connectivity index (χ4v) is 2.14. The van der Waals surface area contributed by atoms with E-state index in [1.165, 1.54) is 5.56 Å². The minimum Gasteiger partial charge on any atom is -0.390 e. The van der Waals surface area contributed by atoms with E-state index in [1.807, 2.05) is 6.07 Å². The predicted molar refractivity (Wildman–Crippen MR) is 75.7 cm³/mol. The van der Waals surface area contributed by atoms with Crippen LogP contribution >= 0.6 is 0 Å². The summed E-state index contributed by atoms with van der Waals surface area (Å²) in [6.07, 6.45) is 4.47. The summed E-state index contributed by atoms with van der Waals surface area (Å²) in [5.41, 5.74) is 1.35. The Bertz CT molecular complexity index is 297. The minimum absolute atomic E-state index is 0.000670. The average molecular weight is 250 g/mol. The normalized spacial score (nSPS) is 14.4. The Labute approximate surface area is 111 Å². The molecule has 0 aliphatic carbocycles. The molecular formula is C16H26O2. The van der Waals surface area contributed by atoms with Crippen LogP contribution in [0.5, 0.6) is 0 Å². The van der Waals surface area contributed by atoms with E-state index in [9.17, 15) is 5.11 Å². The molecule has 1 rings (SSSR count). The molecule has 1 aromatic rings. The summed E-state index contributed by atoms with van der Waals surface area (Å²) in [6, 6.07) is 10.5. The molecule has 2 nitrogen and oxygen atoms in total. The van der Waals surface area contributed by atoms with Gasteiger partial charge in [0.2, 0.25) is 0 Å². The quantitative estimate of drug-likeness (QED) is 0.679. The standard InChI is InChI=1S/C16H26O2/c1-3-9-15(17)16(4-2)18-13-8-12-14-10-6-5-7-11-14/h5-7,10-11,15-17H,3-4,8-9,12-13H2,1-2H3. The highest BCUT2D eigenvalue weighted by molar-refractivity contribution is 5.14. The summed E-state index contributed by atoms with van der Waals surface area (Å²) in [6.45, 7) is 4.89. The zero-order valence-corrected chi connectivity index (χ0v) is 11.6. The van der Waals surface area contributed by atoms with Crippen molar-refractivity contribution in [2.45, 2.75) is 58.2 Å². The minimum atomic E-state index is -0.309. The summed E-state index contributed by atoms with van der Waals surface area (Å²) < 4.78 is 5.78. The van der Waals surface area contributed by atoms with E-state index in [4.69, 9.17) is 4.74 Å². The molecule has 2 unspecified atom stereocenters. The molecule has 0 saturated carbocycles. The molecule has 0 aromatic heterocycles. The number of hydrogen-bond donors (Lipinski definition) is 1. The number of ether oxygens (including phenoxy) is 1. The Morgan fingerprint density at radius 3 is 2.50 bits per heavy atom. The lowest BCUT2D eigenvalue weighted by Gasteiger charge is -2.21. The Morgan fingerprint density at radius 2 is 1.89 bits per heavy atom. The van der Waals surface area contributed by atoms with Gasteiger partial charge in [-0.2, -0.15) is 0 Å². The fraction of sp³-hybridized carbons (Fsp3) is 0.625. The second-order valence-electron chi connectivity index (χ2n) is 4.76. The van der Waals surface area contributed by atoms with Crippen LogP contribution in [-0.2, 0) is 11.2 Å². The number of rotatable bonds is 9. The molecule has 102 valence electrons. The second-order valence-corrected chi connectivity index (χ2v) is 4.76. The monoisotopic (exact) mass is 250 g/mol. The molecule has 0 bridgehead atoms. The van der Waals surface area contributed by atoms with Crippen molar-refractivity contribution < 1.29 is 9.84 Å². The summed E-state index contributed by atoms with van der Waals surface area (Å²) in [5.74, 6) is 0. The van der Waals surface area contributed by atoms with Gasteiger partial charge in [0.1, 0.15) is 0 Å². The Morgan fingerprint density at radius 1 is 1.17 bits per heavy atom. The van der Waals surface area contributed by atoms with E-state index in [2.05, 4.69) is 38.1 Å². The molecule has 18 heavy (non-hydrogen) atoms. The van der Waals surface area contributed by atoms with E-state index < -0.39 is 0 Å². The molecule has 0 saturated heterocycles. The molecule has 1 N–H and O–H groups in total. The topological polar surface area (TPSA) is 29.5 Å². The van der Waals surface area contributed by atoms with Crippen molar-refractivity contribution in [3.63, 3.8) is 0 Å². The number of hydrogen-bond acceptors (Lipinski definition) is 2. The van der Waals surface area contributed by atoms with Crippen LogP contribution in [0.1, 0.15) is 45.1 Å². The van der Waals surface area contributed by atoms with Crippen LogP contribution in [0, 0.1) is 0 Å². The van der Waals surface area contributed by atoms with Crippen molar-refractivity contribution in [3.05, 3.63) is 35.9 Å². The van der Waals surface area contributed by atoms with Gasteiger partial charge in [-0.3, -0.25) is 0 Å². The van der Waals surface area contributed by atoms with Gasteiger partial charge >= 0.3 is 0 Å². The number of aliphatic hydroxyl groups is 1. The molecule has 0 aliphatic heterocycles. The molecule has 0 amide bonds. The molecule has 0 heterocycles. The third-order valence-corrected chi connectivity index (χ3v) is 3.20. The van der Waals surface area contributed by atoms with Gasteiger partial charge in [-0.15, -0.1) is 0 Å². The predicted octanol–water partition coefficient (Wildman–Crippen LogP) is 3.58. The number of aliphatic hydroxyl groups excluding tert-OH is 1. The lowest BCUT2D eigenvalue weighted by molar-refractivity contribution is -0.0427. The van der Waals surface area contributed by atoms with E-state index in [0.29, 0.717) is 0 Å². The Balaban J connectivity index is 2.19. The third kappa shape index (κ3) is 5.65. The smallest absolute Gasteiger partial charge is 0.0831 e. The van der Waals surface area contributed by atoms with Gasteiger partial charge in [0, 0.05) is 6.61 Å². The van der Waals surface area contributed by atoms with Crippen molar-refractivity contribution in [1.29, 1.82) is 0 Å². The van der Waals surface area contributed by atoms with Crippen LogP contribution in [0.4, 0.5) is 0 Å². The van der Waals surface area contributed by atoms with E-state index >= 15 is 0 Å². The number of aryl methyl sites for hydroxylation is 1. The van der Waals surface area contributed by atoms with Gasteiger partial charge < -0.3 is 9.84 Å². The molecule has 0 fully saturated rings. The van der Waals surface area contributed by atoms with Crippen LogP contribution in [0.25, 0.3) is 0 Å². The maximum absolute atomic E-state index is 9.90.